The van der Waals surface area contributed by atoms with Gasteiger partial charge in [0.1, 0.15) is 0 Å². The molecule has 0 atom stereocenters. The Balaban J connectivity index is 2.52. The number of halogens is 1. The van der Waals surface area contributed by atoms with Gasteiger partial charge in [-0.05, 0) is 36.8 Å². The first-order valence-corrected chi connectivity index (χ1v) is 8.91. The molecule has 0 aliphatic rings. The van der Waals surface area contributed by atoms with Gasteiger partial charge in [-0.3, -0.25) is 4.31 Å². The van der Waals surface area contributed by atoms with Crippen molar-refractivity contribution < 1.29 is 18.3 Å². The highest BCUT2D eigenvalue weighted by atomic mass is 35.5. The van der Waals surface area contributed by atoms with Crippen LogP contribution in [0, 0.1) is 0 Å². The van der Waals surface area contributed by atoms with Gasteiger partial charge in [0.2, 0.25) is 10.0 Å². The van der Waals surface area contributed by atoms with Crippen LogP contribution in [0.5, 0.6) is 0 Å². The molecule has 0 unspecified atom stereocenters. The molecule has 0 radical (unpaired) electrons. The monoisotopic (exact) mass is 353 g/mol. The minimum atomic E-state index is -3.64. The van der Waals surface area contributed by atoms with Crippen molar-refractivity contribution in [2.24, 2.45) is 0 Å². The lowest BCUT2D eigenvalue weighted by atomic mass is 10.1. The molecular weight excluding hydrogens is 338 g/mol. The Labute approximate surface area is 140 Å². The predicted octanol–water partition coefficient (Wildman–Crippen LogP) is 3.39. The van der Waals surface area contributed by atoms with Gasteiger partial charge in [0.15, 0.2) is 0 Å². The Morgan fingerprint density at radius 2 is 1.74 bits per heavy atom. The van der Waals surface area contributed by atoms with Crippen molar-refractivity contribution in [2.75, 3.05) is 10.1 Å². The third-order valence-corrected chi connectivity index (χ3v) is 5.32. The number of carboxylic acids is 1. The molecule has 2 rings (SSSR count). The minimum absolute atomic E-state index is 0.0393. The Kier molecular flexibility index (Phi) is 5.28. The maximum Gasteiger partial charge on any atom is 0.337 e. The molecule has 1 N–H and O–H groups in total. The summed E-state index contributed by atoms with van der Waals surface area (Å²) in [5, 5.41) is 9.86. The summed E-state index contributed by atoms with van der Waals surface area (Å²) in [4.78, 5) is 11.4. The highest BCUT2D eigenvalue weighted by molar-refractivity contribution is 7.92. The molecule has 0 amide bonds. The second-order valence-corrected chi connectivity index (χ2v) is 7.47. The lowest BCUT2D eigenvalue weighted by Crippen LogP contribution is -2.33. The first kappa shape index (κ1) is 17.3. The van der Waals surface area contributed by atoms with E-state index in [1.165, 1.54) is 19.1 Å². The van der Waals surface area contributed by atoms with Crippen LogP contribution in [0.15, 0.2) is 48.5 Å². The van der Waals surface area contributed by atoms with Crippen LogP contribution in [0.25, 0.3) is 0 Å². The fourth-order valence-corrected chi connectivity index (χ4v) is 3.36. The Morgan fingerprint density at radius 1 is 1.13 bits per heavy atom. The van der Waals surface area contributed by atoms with E-state index in [1.54, 1.807) is 36.4 Å². The highest BCUT2D eigenvalue weighted by Gasteiger charge is 2.25. The molecule has 2 aromatic carbocycles. The van der Waals surface area contributed by atoms with Gasteiger partial charge in [0, 0.05) is 5.02 Å². The van der Waals surface area contributed by atoms with Crippen molar-refractivity contribution in [3.63, 3.8) is 0 Å². The quantitative estimate of drug-likeness (QED) is 0.863. The second-order valence-electron chi connectivity index (χ2n) is 4.86. The summed E-state index contributed by atoms with van der Waals surface area (Å²) >= 11 is 5.84. The summed E-state index contributed by atoms with van der Waals surface area (Å²) in [6, 6.07) is 12.8. The molecule has 0 aliphatic heterocycles. The average molecular weight is 354 g/mol. The third-order valence-electron chi connectivity index (χ3n) is 3.34. The minimum Gasteiger partial charge on any atom is -0.478 e. The van der Waals surface area contributed by atoms with Crippen molar-refractivity contribution in [2.45, 2.75) is 13.5 Å². The summed E-state index contributed by atoms with van der Waals surface area (Å²) in [7, 11) is -3.64. The lowest BCUT2D eigenvalue weighted by molar-refractivity contribution is 0.0697. The Hall–Kier alpha value is -2.05. The van der Waals surface area contributed by atoms with Gasteiger partial charge in [-0.15, -0.1) is 0 Å². The van der Waals surface area contributed by atoms with Crippen LogP contribution in [0.2, 0.25) is 5.02 Å². The molecule has 0 aliphatic carbocycles. The predicted molar refractivity (Wildman–Crippen MR) is 90.5 cm³/mol. The number of carboxylic acid groups (broad SMARTS) is 1. The number of carbonyl (C=O) groups is 1. The van der Waals surface area contributed by atoms with Gasteiger partial charge in [0.25, 0.3) is 0 Å². The first-order valence-electron chi connectivity index (χ1n) is 6.92. The maximum absolute atomic E-state index is 12.5. The van der Waals surface area contributed by atoms with Crippen molar-refractivity contribution in [1.29, 1.82) is 0 Å². The highest BCUT2D eigenvalue weighted by Crippen LogP contribution is 2.26. The van der Waals surface area contributed by atoms with Crippen molar-refractivity contribution in [1.82, 2.24) is 0 Å². The molecule has 7 heteroatoms. The second kappa shape index (κ2) is 7.02. The van der Waals surface area contributed by atoms with E-state index in [9.17, 15) is 18.3 Å². The molecule has 0 aromatic heterocycles. The zero-order valence-electron chi connectivity index (χ0n) is 12.4. The zero-order valence-corrected chi connectivity index (χ0v) is 14.0. The zero-order chi connectivity index (χ0) is 17.0. The summed E-state index contributed by atoms with van der Waals surface area (Å²) in [6.07, 6.45) is 0. The topological polar surface area (TPSA) is 74.7 Å². The first-order chi connectivity index (χ1) is 10.8. The van der Waals surface area contributed by atoms with Crippen LogP contribution in [-0.2, 0) is 16.6 Å². The number of nitrogens with zero attached hydrogens (tertiary/aromatic N) is 1. The van der Waals surface area contributed by atoms with E-state index in [4.69, 9.17) is 11.6 Å². The Morgan fingerprint density at radius 3 is 2.30 bits per heavy atom. The molecule has 0 spiro atoms. The number of anilines is 1. The summed E-state index contributed by atoms with van der Waals surface area (Å²) in [6.45, 7) is 1.56. The van der Waals surface area contributed by atoms with Crippen LogP contribution in [0.1, 0.15) is 22.8 Å². The van der Waals surface area contributed by atoms with Crippen molar-refractivity contribution >= 4 is 33.3 Å². The number of aromatic carboxylic acids is 1. The number of sulfonamides is 1. The number of para-hydroxylation sites is 1. The number of hydrogen-bond acceptors (Lipinski definition) is 3. The van der Waals surface area contributed by atoms with Gasteiger partial charge in [-0.25, -0.2) is 13.2 Å². The van der Waals surface area contributed by atoms with Crippen LogP contribution >= 0.6 is 11.6 Å². The number of hydrogen-bond donors (Lipinski definition) is 1. The largest absolute Gasteiger partial charge is 0.478 e. The fraction of sp³-hybridized carbons (Fsp3) is 0.188. The smallest absolute Gasteiger partial charge is 0.337 e. The SMILES string of the molecule is CCS(=O)(=O)N(Cc1ccc(Cl)cc1)c1ccccc1C(=O)O. The van der Waals surface area contributed by atoms with Gasteiger partial charge < -0.3 is 5.11 Å². The van der Waals surface area contributed by atoms with E-state index < -0.39 is 16.0 Å². The molecule has 122 valence electrons. The van der Waals surface area contributed by atoms with E-state index in [1.807, 2.05) is 0 Å². The van der Waals surface area contributed by atoms with E-state index >= 15 is 0 Å². The average Bonchev–Trinajstić information content (AvgIpc) is 2.54. The number of rotatable bonds is 6. The third kappa shape index (κ3) is 4.03. The molecule has 0 fully saturated rings. The summed E-state index contributed by atoms with van der Waals surface area (Å²) < 4.78 is 26.0. The van der Waals surface area contributed by atoms with E-state index in [0.717, 1.165) is 4.31 Å². The van der Waals surface area contributed by atoms with Crippen LogP contribution < -0.4 is 4.31 Å². The van der Waals surface area contributed by atoms with Gasteiger partial charge >= 0.3 is 5.97 Å². The van der Waals surface area contributed by atoms with Gasteiger partial charge in [0.05, 0.1) is 23.5 Å². The van der Waals surface area contributed by atoms with Crippen LogP contribution in [0.3, 0.4) is 0 Å². The van der Waals surface area contributed by atoms with Crippen molar-refractivity contribution in [3.05, 3.63) is 64.7 Å². The molecular formula is C16H16ClNO4S. The van der Waals surface area contributed by atoms with E-state index in [-0.39, 0.29) is 23.5 Å². The van der Waals surface area contributed by atoms with Gasteiger partial charge in [-0.2, -0.15) is 0 Å². The lowest BCUT2D eigenvalue weighted by Gasteiger charge is -2.25. The van der Waals surface area contributed by atoms with E-state index in [2.05, 4.69) is 0 Å². The van der Waals surface area contributed by atoms with E-state index in [0.29, 0.717) is 10.6 Å². The summed E-state index contributed by atoms with van der Waals surface area (Å²) in [5.41, 5.74) is 0.807. The number of benzene rings is 2. The maximum atomic E-state index is 12.5. The summed E-state index contributed by atoms with van der Waals surface area (Å²) in [5.74, 6) is -1.30. The normalized spacial score (nSPS) is 11.2. The molecule has 0 heterocycles. The van der Waals surface area contributed by atoms with Crippen molar-refractivity contribution in [3.8, 4) is 0 Å². The molecule has 0 saturated carbocycles. The standard InChI is InChI=1S/C16H16ClNO4S/c1-2-23(21,22)18(11-12-7-9-13(17)10-8-12)15-6-4-3-5-14(15)16(19)20/h3-10H,2,11H2,1H3,(H,19,20). The molecule has 0 bridgehead atoms. The molecule has 23 heavy (non-hydrogen) atoms. The molecule has 0 saturated heterocycles. The molecule has 2 aromatic rings. The molecule has 5 nitrogen and oxygen atoms in total. The Bertz CT molecular complexity index is 803. The fourth-order valence-electron chi connectivity index (χ4n) is 2.12. The van der Waals surface area contributed by atoms with Crippen LogP contribution in [0.4, 0.5) is 5.69 Å². The van der Waals surface area contributed by atoms with Gasteiger partial charge in [-0.1, -0.05) is 35.9 Å². The van der Waals surface area contributed by atoms with Crippen LogP contribution in [-0.4, -0.2) is 25.2 Å².